The predicted molar refractivity (Wildman–Crippen MR) is 95.8 cm³/mol. The molecule has 0 aliphatic carbocycles. The van der Waals surface area contributed by atoms with Crippen molar-refractivity contribution in [3.63, 3.8) is 0 Å². The van der Waals surface area contributed by atoms with Crippen molar-refractivity contribution < 1.29 is 4.79 Å². The number of hydrogen-bond acceptors (Lipinski definition) is 3. The molecule has 134 valence electrons. The van der Waals surface area contributed by atoms with E-state index in [0.717, 1.165) is 32.4 Å². The number of nitrogens with one attached hydrogen (secondary N) is 1. The lowest BCUT2D eigenvalue weighted by Crippen LogP contribution is -2.48. The molecule has 2 fully saturated rings. The largest absolute Gasteiger partial charge is 0.338 e. The third kappa shape index (κ3) is 5.96. The Morgan fingerprint density at radius 3 is 2.43 bits per heavy atom. The van der Waals surface area contributed by atoms with Crippen LogP contribution in [0.4, 0.5) is 4.79 Å². The number of urea groups is 1. The molecule has 1 atom stereocenters. The van der Waals surface area contributed by atoms with Crippen LogP contribution in [0.1, 0.15) is 52.4 Å². The van der Waals surface area contributed by atoms with E-state index in [9.17, 15) is 4.79 Å². The van der Waals surface area contributed by atoms with Crippen molar-refractivity contribution >= 4 is 6.03 Å². The first-order valence-corrected chi connectivity index (χ1v) is 9.73. The number of likely N-dealkylation sites (tertiary alicyclic amines) is 1. The third-order valence-corrected chi connectivity index (χ3v) is 5.45. The summed E-state index contributed by atoms with van der Waals surface area (Å²) < 4.78 is 0. The summed E-state index contributed by atoms with van der Waals surface area (Å²) in [5.74, 6) is 0. The third-order valence-electron chi connectivity index (χ3n) is 5.45. The maximum atomic E-state index is 12.3. The fraction of sp³-hybridized carbons (Fsp3) is 0.944. The quantitative estimate of drug-likeness (QED) is 0.731. The van der Waals surface area contributed by atoms with E-state index in [1.165, 1.54) is 58.5 Å². The number of unbranched alkanes of at least 4 members (excludes halogenated alkanes) is 1. The van der Waals surface area contributed by atoms with Gasteiger partial charge < -0.3 is 20.0 Å². The zero-order valence-corrected chi connectivity index (χ0v) is 15.2. The highest BCUT2D eigenvalue weighted by atomic mass is 16.2. The summed E-state index contributed by atoms with van der Waals surface area (Å²) in [7, 11) is 0. The first-order chi connectivity index (χ1) is 11.2. The van der Waals surface area contributed by atoms with Crippen LogP contribution in [0.25, 0.3) is 0 Å². The lowest BCUT2D eigenvalue weighted by Gasteiger charge is -2.35. The highest BCUT2D eigenvalue weighted by molar-refractivity contribution is 5.74. The van der Waals surface area contributed by atoms with Gasteiger partial charge in [-0.3, -0.25) is 0 Å². The number of piperazine rings is 1. The van der Waals surface area contributed by atoms with Crippen LogP contribution in [0.15, 0.2) is 0 Å². The normalized spacial score (nSPS) is 23.9. The van der Waals surface area contributed by atoms with E-state index in [2.05, 4.69) is 33.9 Å². The van der Waals surface area contributed by atoms with E-state index in [1.54, 1.807) is 0 Å². The first kappa shape index (κ1) is 18.5. The summed E-state index contributed by atoms with van der Waals surface area (Å²) in [6.07, 6.45) is 6.96. The van der Waals surface area contributed by atoms with Crippen molar-refractivity contribution in [3.05, 3.63) is 0 Å². The predicted octanol–water partition coefficient (Wildman–Crippen LogP) is 2.38. The van der Waals surface area contributed by atoms with Gasteiger partial charge in [0.25, 0.3) is 0 Å². The van der Waals surface area contributed by atoms with Crippen LogP contribution in [0.2, 0.25) is 0 Å². The highest BCUT2D eigenvalue weighted by Crippen LogP contribution is 2.19. The van der Waals surface area contributed by atoms with Crippen molar-refractivity contribution in [1.82, 2.24) is 20.0 Å². The molecule has 5 nitrogen and oxygen atoms in total. The van der Waals surface area contributed by atoms with Gasteiger partial charge in [-0.2, -0.15) is 0 Å². The van der Waals surface area contributed by atoms with Crippen LogP contribution in [0, 0.1) is 0 Å². The smallest absolute Gasteiger partial charge is 0.317 e. The van der Waals surface area contributed by atoms with Crippen molar-refractivity contribution in [2.24, 2.45) is 0 Å². The van der Waals surface area contributed by atoms with Crippen LogP contribution < -0.4 is 5.32 Å². The molecule has 0 aromatic carbocycles. The standard InChI is InChI=1S/C18H36N4O/c1-3-17-9-5-7-12-22(17)18(23)19-10-6-8-11-21-15-13-20(4-2)14-16-21/h17H,3-16H2,1-2H3,(H,19,23). The summed E-state index contributed by atoms with van der Waals surface area (Å²) in [5, 5.41) is 3.13. The number of nitrogens with zero attached hydrogens (tertiary/aromatic N) is 3. The van der Waals surface area contributed by atoms with Gasteiger partial charge >= 0.3 is 6.03 Å². The van der Waals surface area contributed by atoms with E-state index in [-0.39, 0.29) is 6.03 Å². The Morgan fingerprint density at radius 1 is 1.00 bits per heavy atom. The van der Waals surface area contributed by atoms with Crippen molar-refractivity contribution in [1.29, 1.82) is 0 Å². The van der Waals surface area contributed by atoms with Gasteiger partial charge in [0.1, 0.15) is 0 Å². The Kier molecular flexibility index (Phi) is 8.17. The summed E-state index contributed by atoms with van der Waals surface area (Å²) in [6, 6.07) is 0.617. The summed E-state index contributed by atoms with van der Waals surface area (Å²) >= 11 is 0. The molecule has 0 aromatic heterocycles. The Morgan fingerprint density at radius 2 is 1.74 bits per heavy atom. The zero-order valence-electron chi connectivity index (χ0n) is 15.2. The molecule has 0 saturated carbocycles. The maximum absolute atomic E-state index is 12.3. The van der Waals surface area contributed by atoms with E-state index in [0.29, 0.717) is 6.04 Å². The fourth-order valence-corrected chi connectivity index (χ4v) is 3.78. The molecule has 2 aliphatic heterocycles. The molecule has 1 N–H and O–H groups in total. The summed E-state index contributed by atoms with van der Waals surface area (Å²) in [5.41, 5.74) is 0. The monoisotopic (exact) mass is 324 g/mol. The highest BCUT2D eigenvalue weighted by Gasteiger charge is 2.24. The number of carbonyl (C=O) groups excluding carboxylic acids is 1. The van der Waals surface area contributed by atoms with Crippen molar-refractivity contribution in [2.75, 3.05) is 52.4 Å². The number of hydrogen-bond donors (Lipinski definition) is 1. The molecule has 2 heterocycles. The maximum Gasteiger partial charge on any atom is 0.317 e. The molecule has 1 unspecified atom stereocenters. The molecule has 23 heavy (non-hydrogen) atoms. The number of amides is 2. The van der Waals surface area contributed by atoms with Crippen LogP contribution >= 0.6 is 0 Å². The molecular weight excluding hydrogens is 288 g/mol. The Balaban J connectivity index is 1.54. The number of rotatable bonds is 7. The van der Waals surface area contributed by atoms with Gasteiger partial charge in [0.2, 0.25) is 0 Å². The minimum atomic E-state index is 0.160. The van der Waals surface area contributed by atoms with E-state index < -0.39 is 0 Å². The van der Waals surface area contributed by atoms with Gasteiger partial charge in [-0.05, 0) is 51.6 Å². The average molecular weight is 325 g/mol. The number of piperidine rings is 1. The van der Waals surface area contributed by atoms with Crippen LogP contribution in [0.5, 0.6) is 0 Å². The van der Waals surface area contributed by atoms with Gasteiger partial charge in [0, 0.05) is 45.3 Å². The van der Waals surface area contributed by atoms with Gasteiger partial charge in [-0.25, -0.2) is 4.79 Å². The molecule has 2 rings (SSSR count). The minimum absolute atomic E-state index is 0.160. The minimum Gasteiger partial charge on any atom is -0.338 e. The molecule has 0 spiro atoms. The molecule has 2 aliphatic rings. The van der Waals surface area contributed by atoms with E-state index in [1.807, 2.05) is 0 Å². The molecule has 2 amide bonds. The van der Waals surface area contributed by atoms with Crippen molar-refractivity contribution in [2.45, 2.75) is 58.4 Å². The van der Waals surface area contributed by atoms with E-state index >= 15 is 0 Å². The Hall–Kier alpha value is -0.810. The van der Waals surface area contributed by atoms with Crippen LogP contribution in [-0.2, 0) is 0 Å². The first-order valence-electron chi connectivity index (χ1n) is 9.73. The second kappa shape index (κ2) is 10.1. The fourth-order valence-electron chi connectivity index (χ4n) is 3.78. The van der Waals surface area contributed by atoms with Gasteiger partial charge in [-0.15, -0.1) is 0 Å². The SMILES string of the molecule is CCC1CCCCN1C(=O)NCCCCN1CCN(CC)CC1. The van der Waals surface area contributed by atoms with Crippen LogP contribution in [-0.4, -0.2) is 79.1 Å². The van der Waals surface area contributed by atoms with Crippen LogP contribution in [0.3, 0.4) is 0 Å². The molecule has 0 aromatic rings. The average Bonchev–Trinajstić information content (AvgIpc) is 2.61. The summed E-state index contributed by atoms with van der Waals surface area (Å²) in [4.78, 5) is 19.4. The van der Waals surface area contributed by atoms with Gasteiger partial charge in [0.15, 0.2) is 0 Å². The Bertz CT molecular complexity index is 342. The zero-order chi connectivity index (χ0) is 16.5. The lowest BCUT2D eigenvalue weighted by molar-refractivity contribution is 0.135. The van der Waals surface area contributed by atoms with E-state index in [4.69, 9.17) is 0 Å². The number of likely N-dealkylation sites (N-methyl/N-ethyl adjacent to an activating group) is 1. The summed E-state index contributed by atoms with van der Waals surface area (Å²) in [6.45, 7) is 13.4. The number of carbonyl (C=O) groups is 1. The lowest BCUT2D eigenvalue weighted by atomic mass is 10.0. The molecule has 5 heteroatoms. The second-order valence-electron chi connectivity index (χ2n) is 6.97. The molecule has 2 saturated heterocycles. The molecular formula is C18H36N4O. The van der Waals surface area contributed by atoms with Gasteiger partial charge in [-0.1, -0.05) is 13.8 Å². The molecule has 0 radical (unpaired) electrons. The van der Waals surface area contributed by atoms with Crippen molar-refractivity contribution in [3.8, 4) is 0 Å². The Labute approximate surface area is 142 Å². The van der Waals surface area contributed by atoms with Gasteiger partial charge in [0.05, 0.1) is 0 Å². The topological polar surface area (TPSA) is 38.8 Å². The second-order valence-corrected chi connectivity index (χ2v) is 6.97. The molecule has 0 bridgehead atoms.